The van der Waals surface area contributed by atoms with Crippen molar-refractivity contribution in [3.8, 4) is 0 Å². The summed E-state index contributed by atoms with van der Waals surface area (Å²) in [7, 11) is 5.66. The lowest BCUT2D eigenvalue weighted by Gasteiger charge is -2.19. The maximum absolute atomic E-state index is 11.5. The first-order valence-corrected chi connectivity index (χ1v) is 5.06. The van der Waals surface area contributed by atoms with Gasteiger partial charge in [-0.2, -0.15) is 0 Å². The molecule has 1 N–H and O–H groups in total. The number of nitrogens with one attached hydrogen (secondary N) is 1. The van der Waals surface area contributed by atoms with Crippen LogP contribution in [0.15, 0.2) is 0 Å². The van der Waals surface area contributed by atoms with Gasteiger partial charge in [-0.15, -0.1) is 0 Å². The number of nitrogens with zero attached hydrogens (tertiary/aromatic N) is 2. The van der Waals surface area contributed by atoms with Gasteiger partial charge in [-0.05, 0) is 21.0 Å². The van der Waals surface area contributed by atoms with E-state index in [0.29, 0.717) is 13.2 Å². The van der Waals surface area contributed by atoms with Crippen molar-refractivity contribution in [2.75, 3.05) is 40.8 Å². The molecule has 15 heavy (non-hydrogen) atoms. The molecule has 0 aromatic carbocycles. The van der Waals surface area contributed by atoms with E-state index in [1.807, 2.05) is 19.0 Å². The summed E-state index contributed by atoms with van der Waals surface area (Å²) in [6.07, 6.45) is 0.0533. The van der Waals surface area contributed by atoms with Crippen LogP contribution in [0.3, 0.4) is 0 Å². The molecule has 0 fully saturated rings. The second kappa shape index (κ2) is 7.23. The second-order valence-corrected chi connectivity index (χ2v) is 3.65. The Kier molecular flexibility index (Phi) is 6.70. The molecule has 0 saturated heterocycles. The monoisotopic (exact) mass is 215 g/mol. The molecule has 5 nitrogen and oxygen atoms in total. The van der Waals surface area contributed by atoms with Crippen LogP contribution < -0.4 is 0 Å². The molecule has 0 bridgehead atoms. The first-order chi connectivity index (χ1) is 6.97. The van der Waals surface area contributed by atoms with Crippen molar-refractivity contribution in [1.82, 2.24) is 9.80 Å². The lowest BCUT2D eigenvalue weighted by molar-refractivity contribution is -0.128. The highest BCUT2D eigenvalue weighted by Gasteiger charge is 2.11. The summed E-state index contributed by atoms with van der Waals surface area (Å²) in [6, 6.07) is 0. The minimum atomic E-state index is -0.0738. The molecular weight excluding hydrogens is 194 g/mol. The van der Waals surface area contributed by atoms with E-state index in [-0.39, 0.29) is 18.2 Å². The number of likely N-dealkylation sites (N-methyl/N-ethyl adjacent to an activating group) is 2. The van der Waals surface area contributed by atoms with Gasteiger partial charge in [0, 0.05) is 20.1 Å². The molecule has 0 rings (SSSR count). The van der Waals surface area contributed by atoms with E-state index in [4.69, 9.17) is 10.1 Å². The van der Waals surface area contributed by atoms with E-state index in [1.165, 1.54) is 0 Å². The number of rotatable bonds is 6. The minimum Gasteiger partial charge on any atom is -0.481 e. The zero-order chi connectivity index (χ0) is 11.8. The van der Waals surface area contributed by atoms with Crippen LogP contribution >= 0.6 is 0 Å². The quantitative estimate of drug-likeness (QED) is 0.516. The SMILES string of the molecule is CCOC(=N)CC(=O)N(C)CCN(C)C. The Bertz CT molecular complexity index is 217. The highest BCUT2D eigenvalue weighted by atomic mass is 16.5. The van der Waals surface area contributed by atoms with E-state index < -0.39 is 0 Å². The molecule has 0 spiro atoms. The number of hydrogen-bond acceptors (Lipinski definition) is 4. The van der Waals surface area contributed by atoms with Crippen molar-refractivity contribution >= 4 is 11.8 Å². The number of amides is 1. The third-order valence-corrected chi connectivity index (χ3v) is 1.94. The first kappa shape index (κ1) is 13.9. The Morgan fingerprint density at radius 2 is 1.87 bits per heavy atom. The predicted octanol–water partition coefficient (Wildman–Crippen LogP) is 0.410. The van der Waals surface area contributed by atoms with Crippen molar-refractivity contribution < 1.29 is 9.53 Å². The van der Waals surface area contributed by atoms with Gasteiger partial charge in [0.25, 0.3) is 0 Å². The number of carbonyl (C=O) groups is 1. The van der Waals surface area contributed by atoms with Crippen LogP contribution in [-0.4, -0.2) is 62.4 Å². The predicted molar refractivity (Wildman–Crippen MR) is 60.2 cm³/mol. The molecule has 0 atom stereocenters. The molecule has 0 heterocycles. The topological polar surface area (TPSA) is 56.6 Å². The van der Waals surface area contributed by atoms with Crippen LogP contribution in [0.1, 0.15) is 13.3 Å². The summed E-state index contributed by atoms with van der Waals surface area (Å²) in [5, 5.41) is 7.35. The fourth-order valence-corrected chi connectivity index (χ4v) is 0.972. The van der Waals surface area contributed by atoms with Crippen molar-refractivity contribution in [3.05, 3.63) is 0 Å². The normalized spacial score (nSPS) is 10.2. The van der Waals surface area contributed by atoms with Gasteiger partial charge < -0.3 is 14.5 Å². The third-order valence-electron chi connectivity index (χ3n) is 1.94. The Hall–Kier alpha value is -1.10. The molecule has 0 aromatic rings. The Labute approximate surface area is 91.5 Å². The average Bonchev–Trinajstić information content (AvgIpc) is 2.14. The van der Waals surface area contributed by atoms with Gasteiger partial charge in [-0.3, -0.25) is 10.2 Å². The van der Waals surface area contributed by atoms with Gasteiger partial charge in [-0.1, -0.05) is 0 Å². The molecule has 0 aliphatic carbocycles. The van der Waals surface area contributed by atoms with Crippen LogP contribution in [0, 0.1) is 5.41 Å². The number of ether oxygens (including phenoxy) is 1. The fourth-order valence-electron chi connectivity index (χ4n) is 0.972. The van der Waals surface area contributed by atoms with Crippen LogP contribution in [0.25, 0.3) is 0 Å². The third kappa shape index (κ3) is 6.90. The standard InChI is InChI=1S/C10H21N3O2/c1-5-15-9(11)8-10(14)13(4)7-6-12(2)3/h11H,5-8H2,1-4H3. The molecule has 1 amide bonds. The second-order valence-electron chi connectivity index (χ2n) is 3.65. The highest BCUT2D eigenvalue weighted by Crippen LogP contribution is 1.94. The summed E-state index contributed by atoms with van der Waals surface area (Å²) in [5.41, 5.74) is 0. The average molecular weight is 215 g/mol. The summed E-state index contributed by atoms with van der Waals surface area (Å²) in [4.78, 5) is 15.2. The van der Waals surface area contributed by atoms with Crippen molar-refractivity contribution in [1.29, 1.82) is 5.41 Å². The van der Waals surface area contributed by atoms with Crippen LogP contribution in [-0.2, 0) is 9.53 Å². The number of hydrogen-bond donors (Lipinski definition) is 1. The molecule has 0 radical (unpaired) electrons. The molecule has 0 saturated carbocycles. The van der Waals surface area contributed by atoms with Crippen LogP contribution in [0.5, 0.6) is 0 Å². The van der Waals surface area contributed by atoms with Crippen LogP contribution in [0.2, 0.25) is 0 Å². The van der Waals surface area contributed by atoms with Crippen molar-refractivity contribution in [3.63, 3.8) is 0 Å². The van der Waals surface area contributed by atoms with E-state index in [1.54, 1.807) is 18.9 Å². The minimum absolute atomic E-state index is 0.0409. The molecular formula is C10H21N3O2. The van der Waals surface area contributed by atoms with Gasteiger partial charge in [0.1, 0.15) is 6.42 Å². The van der Waals surface area contributed by atoms with Gasteiger partial charge in [0.05, 0.1) is 6.61 Å². The van der Waals surface area contributed by atoms with Gasteiger partial charge in [0.2, 0.25) is 5.91 Å². The summed E-state index contributed by atoms with van der Waals surface area (Å²) >= 11 is 0. The Morgan fingerprint density at radius 3 is 2.33 bits per heavy atom. The molecule has 88 valence electrons. The lowest BCUT2D eigenvalue weighted by atomic mass is 10.3. The molecule has 0 aliphatic rings. The summed E-state index contributed by atoms with van der Waals surface area (Å²) in [6.45, 7) is 3.73. The largest absolute Gasteiger partial charge is 0.481 e. The van der Waals surface area contributed by atoms with Gasteiger partial charge >= 0.3 is 0 Å². The van der Waals surface area contributed by atoms with Crippen LogP contribution in [0.4, 0.5) is 0 Å². The maximum atomic E-state index is 11.5. The highest BCUT2D eigenvalue weighted by molar-refractivity contribution is 5.95. The Balaban J connectivity index is 3.83. The zero-order valence-electron chi connectivity index (χ0n) is 10.0. The first-order valence-electron chi connectivity index (χ1n) is 5.06. The summed E-state index contributed by atoms with van der Waals surface area (Å²) < 4.78 is 4.91. The molecule has 5 heteroatoms. The number of carbonyl (C=O) groups excluding carboxylic acids is 1. The van der Waals surface area contributed by atoms with E-state index in [2.05, 4.69) is 0 Å². The molecule has 0 aliphatic heterocycles. The molecule has 0 aromatic heterocycles. The summed E-state index contributed by atoms with van der Waals surface area (Å²) in [5.74, 6) is -0.0329. The smallest absolute Gasteiger partial charge is 0.231 e. The lowest BCUT2D eigenvalue weighted by Crippen LogP contribution is -2.34. The van der Waals surface area contributed by atoms with Crippen molar-refractivity contribution in [2.24, 2.45) is 0 Å². The van der Waals surface area contributed by atoms with E-state index >= 15 is 0 Å². The van der Waals surface area contributed by atoms with Crippen molar-refractivity contribution in [2.45, 2.75) is 13.3 Å². The maximum Gasteiger partial charge on any atom is 0.231 e. The van der Waals surface area contributed by atoms with E-state index in [9.17, 15) is 4.79 Å². The molecule has 0 unspecified atom stereocenters. The zero-order valence-corrected chi connectivity index (χ0v) is 10.0. The van der Waals surface area contributed by atoms with Gasteiger partial charge in [0.15, 0.2) is 5.90 Å². The van der Waals surface area contributed by atoms with Gasteiger partial charge in [-0.25, -0.2) is 0 Å². The Morgan fingerprint density at radius 1 is 1.27 bits per heavy atom. The fraction of sp³-hybridized carbons (Fsp3) is 0.800. The van der Waals surface area contributed by atoms with E-state index in [0.717, 1.165) is 6.54 Å².